The first-order chi connectivity index (χ1) is 10.7. The molecule has 1 aromatic heterocycles. The molecule has 1 aromatic carbocycles. The van der Waals surface area contributed by atoms with E-state index in [-0.39, 0.29) is 6.03 Å². The number of para-hydroxylation sites is 1. The summed E-state index contributed by atoms with van der Waals surface area (Å²) in [5.41, 5.74) is 2.59. The number of thiazole rings is 1. The number of methoxy groups -OCH3 is 1. The number of benzene rings is 1. The Morgan fingerprint density at radius 1 is 1.50 bits per heavy atom. The second kappa shape index (κ2) is 6.54. The van der Waals surface area contributed by atoms with Gasteiger partial charge in [0, 0.05) is 12.1 Å². The maximum atomic E-state index is 12.0. The highest BCUT2D eigenvalue weighted by atomic mass is 35.5. The van der Waals surface area contributed by atoms with Crippen LogP contribution in [0.25, 0.3) is 0 Å². The summed E-state index contributed by atoms with van der Waals surface area (Å²) >= 11 is 7.65. The molecule has 2 amide bonds. The molecule has 3 rings (SSSR count). The molecule has 0 unspecified atom stereocenters. The monoisotopic (exact) mass is 337 g/mol. The van der Waals surface area contributed by atoms with Crippen molar-refractivity contribution in [3.05, 3.63) is 39.2 Å². The first-order valence-corrected chi connectivity index (χ1v) is 8.24. The van der Waals surface area contributed by atoms with Crippen LogP contribution in [-0.4, -0.2) is 18.1 Å². The number of ether oxygens (including phenoxy) is 1. The molecule has 2 N–H and O–H groups in total. The van der Waals surface area contributed by atoms with Crippen LogP contribution in [0.2, 0.25) is 5.02 Å². The Balaban J connectivity index is 1.61. The summed E-state index contributed by atoms with van der Waals surface area (Å²) in [6.07, 6.45) is 2.36. The summed E-state index contributed by atoms with van der Waals surface area (Å²) in [4.78, 5) is 17.4. The smallest absolute Gasteiger partial charge is 0.320 e. The maximum absolute atomic E-state index is 12.0. The van der Waals surface area contributed by atoms with E-state index in [0.717, 1.165) is 10.4 Å². The van der Waals surface area contributed by atoms with Crippen LogP contribution in [0.5, 0.6) is 5.75 Å². The summed E-state index contributed by atoms with van der Waals surface area (Å²) in [5.74, 6) is 1.82. The zero-order valence-corrected chi connectivity index (χ0v) is 13.6. The van der Waals surface area contributed by atoms with Gasteiger partial charge in [0.05, 0.1) is 22.5 Å². The Labute approximate surface area is 137 Å². The molecule has 0 atom stereocenters. The van der Waals surface area contributed by atoms with Gasteiger partial charge in [-0.15, -0.1) is 11.3 Å². The van der Waals surface area contributed by atoms with Crippen LogP contribution < -0.4 is 15.4 Å². The molecule has 1 fully saturated rings. The Bertz CT molecular complexity index is 685. The second-order valence-corrected chi connectivity index (χ2v) is 6.37. The van der Waals surface area contributed by atoms with E-state index in [2.05, 4.69) is 15.6 Å². The third-order valence-corrected chi connectivity index (χ3v) is 4.76. The second-order valence-electron chi connectivity index (χ2n) is 5.08. The molecule has 1 heterocycles. The fourth-order valence-electron chi connectivity index (χ4n) is 2.23. The number of hydrogen-bond acceptors (Lipinski definition) is 4. The summed E-state index contributed by atoms with van der Waals surface area (Å²) in [5, 5.41) is 6.14. The van der Waals surface area contributed by atoms with Gasteiger partial charge in [-0.2, -0.15) is 0 Å². The topological polar surface area (TPSA) is 63.2 Å². The minimum atomic E-state index is -0.283. The van der Waals surface area contributed by atoms with Gasteiger partial charge in [0.2, 0.25) is 0 Å². The van der Waals surface area contributed by atoms with Crippen molar-refractivity contribution < 1.29 is 9.53 Å². The molecule has 0 aliphatic heterocycles. The van der Waals surface area contributed by atoms with E-state index in [1.807, 2.05) is 12.1 Å². The highest BCUT2D eigenvalue weighted by Gasteiger charge is 2.28. The van der Waals surface area contributed by atoms with E-state index in [4.69, 9.17) is 16.3 Å². The SMILES string of the molecule is COc1c(Cl)cccc1CNC(=O)Nc1ncsc1C1CC1. The van der Waals surface area contributed by atoms with Gasteiger partial charge < -0.3 is 10.1 Å². The molecule has 0 saturated heterocycles. The molecular weight excluding hydrogens is 322 g/mol. The minimum Gasteiger partial charge on any atom is -0.495 e. The zero-order valence-electron chi connectivity index (χ0n) is 12.1. The number of anilines is 1. The number of hydrogen-bond donors (Lipinski definition) is 2. The Morgan fingerprint density at radius 2 is 2.32 bits per heavy atom. The van der Waals surface area contributed by atoms with E-state index in [0.29, 0.717) is 29.1 Å². The van der Waals surface area contributed by atoms with E-state index in [1.54, 1.807) is 30.0 Å². The van der Waals surface area contributed by atoms with Gasteiger partial charge in [0.25, 0.3) is 0 Å². The van der Waals surface area contributed by atoms with Crippen LogP contribution in [-0.2, 0) is 6.54 Å². The first-order valence-electron chi connectivity index (χ1n) is 6.98. The number of amides is 2. The van der Waals surface area contributed by atoms with Gasteiger partial charge in [0.15, 0.2) is 0 Å². The average molecular weight is 338 g/mol. The number of nitrogens with one attached hydrogen (secondary N) is 2. The number of rotatable bonds is 5. The van der Waals surface area contributed by atoms with Crippen LogP contribution in [0.3, 0.4) is 0 Å². The summed E-state index contributed by atoms with van der Waals surface area (Å²) < 4.78 is 5.26. The van der Waals surface area contributed by atoms with E-state index >= 15 is 0 Å². The molecule has 5 nitrogen and oxygen atoms in total. The van der Waals surface area contributed by atoms with Crippen molar-refractivity contribution in [3.8, 4) is 5.75 Å². The Hall–Kier alpha value is -1.79. The summed E-state index contributed by atoms with van der Waals surface area (Å²) in [6.45, 7) is 0.332. The lowest BCUT2D eigenvalue weighted by molar-refractivity contribution is 0.251. The molecular formula is C15H16ClN3O2S. The normalized spacial score (nSPS) is 13.7. The number of carbonyl (C=O) groups is 1. The third-order valence-electron chi connectivity index (χ3n) is 3.47. The number of halogens is 1. The van der Waals surface area contributed by atoms with Gasteiger partial charge in [0.1, 0.15) is 11.6 Å². The lowest BCUT2D eigenvalue weighted by Gasteiger charge is -2.11. The first kappa shape index (κ1) is 15.1. The standard InChI is InChI=1S/C15H16ClN3O2S/c1-21-12-10(3-2-4-11(12)16)7-17-15(20)19-14-13(9-5-6-9)22-8-18-14/h2-4,8-9H,5-7H2,1H3,(H2,17,19,20). The molecule has 22 heavy (non-hydrogen) atoms. The number of nitrogens with zero attached hydrogens (tertiary/aromatic N) is 1. The fourth-order valence-corrected chi connectivity index (χ4v) is 3.42. The van der Waals surface area contributed by atoms with Crippen LogP contribution in [0.4, 0.5) is 10.6 Å². The molecule has 0 bridgehead atoms. The fraction of sp³-hybridized carbons (Fsp3) is 0.333. The van der Waals surface area contributed by atoms with Crippen molar-refractivity contribution >= 4 is 34.8 Å². The van der Waals surface area contributed by atoms with Gasteiger partial charge in [-0.3, -0.25) is 5.32 Å². The quantitative estimate of drug-likeness (QED) is 0.866. The van der Waals surface area contributed by atoms with Crippen LogP contribution in [0.15, 0.2) is 23.7 Å². The molecule has 1 saturated carbocycles. The molecule has 2 aromatic rings. The zero-order chi connectivity index (χ0) is 15.5. The summed E-state index contributed by atoms with van der Waals surface area (Å²) in [6, 6.07) is 5.16. The van der Waals surface area contributed by atoms with E-state index in [9.17, 15) is 4.79 Å². The lowest BCUT2D eigenvalue weighted by Crippen LogP contribution is -2.28. The maximum Gasteiger partial charge on any atom is 0.320 e. The summed E-state index contributed by atoms with van der Waals surface area (Å²) in [7, 11) is 1.56. The highest BCUT2D eigenvalue weighted by molar-refractivity contribution is 7.10. The van der Waals surface area contributed by atoms with Gasteiger partial charge in [-0.05, 0) is 24.8 Å². The van der Waals surface area contributed by atoms with Gasteiger partial charge in [-0.25, -0.2) is 9.78 Å². The van der Waals surface area contributed by atoms with Crippen molar-refractivity contribution in [2.45, 2.75) is 25.3 Å². The molecule has 1 aliphatic rings. The van der Waals surface area contributed by atoms with Crippen molar-refractivity contribution in [1.82, 2.24) is 10.3 Å². The van der Waals surface area contributed by atoms with Crippen molar-refractivity contribution in [2.75, 3.05) is 12.4 Å². The Kier molecular flexibility index (Phi) is 4.49. The van der Waals surface area contributed by atoms with Crippen LogP contribution >= 0.6 is 22.9 Å². The third kappa shape index (κ3) is 3.34. The minimum absolute atomic E-state index is 0.283. The predicted octanol–water partition coefficient (Wildman–Crippen LogP) is 4.00. The molecule has 7 heteroatoms. The lowest BCUT2D eigenvalue weighted by atomic mass is 10.2. The van der Waals surface area contributed by atoms with E-state index < -0.39 is 0 Å². The largest absolute Gasteiger partial charge is 0.495 e. The highest BCUT2D eigenvalue weighted by Crippen LogP contribution is 2.45. The van der Waals surface area contributed by atoms with Crippen molar-refractivity contribution in [2.24, 2.45) is 0 Å². The van der Waals surface area contributed by atoms with E-state index in [1.165, 1.54) is 12.8 Å². The Morgan fingerprint density at radius 3 is 3.05 bits per heavy atom. The average Bonchev–Trinajstić information content (AvgIpc) is 3.25. The van der Waals surface area contributed by atoms with Gasteiger partial charge >= 0.3 is 6.03 Å². The van der Waals surface area contributed by atoms with Crippen LogP contribution in [0.1, 0.15) is 29.2 Å². The predicted molar refractivity (Wildman–Crippen MR) is 88.0 cm³/mol. The molecule has 0 radical (unpaired) electrons. The molecule has 116 valence electrons. The number of aromatic nitrogens is 1. The van der Waals surface area contributed by atoms with Gasteiger partial charge in [-0.1, -0.05) is 23.7 Å². The number of urea groups is 1. The number of carbonyl (C=O) groups excluding carboxylic acids is 1. The van der Waals surface area contributed by atoms with Crippen LogP contribution in [0, 0.1) is 0 Å². The van der Waals surface area contributed by atoms with Crippen molar-refractivity contribution in [1.29, 1.82) is 0 Å². The molecule has 0 spiro atoms. The van der Waals surface area contributed by atoms with Crippen molar-refractivity contribution in [3.63, 3.8) is 0 Å². The molecule has 1 aliphatic carbocycles.